The lowest BCUT2D eigenvalue weighted by Crippen LogP contribution is -2.60. The summed E-state index contributed by atoms with van der Waals surface area (Å²) < 4.78 is 57.5. The van der Waals surface area contributed by atoms with Gasteiger partial charge < -0.3 is 34.3 Å². The second-order valence-electron chi connectivity index (χ2n) is 11.0. The van der Waals surface area contributed by atoms with Crippen molar-refractivity contribution in [3.05, 3.63) is 0 Å². The number of aliphatic hydroxyl groups is 3. The van der Waals surface area contributed by atoms with Crippen LogP contribution in [-0.4, -0.2) is 97.5 Å². The summed E-state index contributed by atoms with van der Waals surface area (Å²) in [6.07, 6.45) is 9.88. The smallest absolute Gasteiger partial charge is 0.397 e. The average molecular weight is 629 g/mol. The van der Waals surface area contributed by atoms with Gasteiger partial charge in [-0.25, -0.2) is 4.18 Å². The number of unbranched alkanes of at least 4 members (excludes halogenated alkanes) is 14. The van der Waals surface area contributed by atoms with Crippen LogP contribution in [0.4, 0.5) is 0 Å². The lowest BCUT2D eigenvalue weighted by Gasteiger charge is -2.41. The van der Waals surface area contributed by atoms with Crippen LogP contribution in [0.15, 0.2) is 0 Å². The molecule has 250 valence electrons. The van der Waals surface area contributed by atoms with E-state index in [9.17, 15) is 28.5 Å². The summed E-state index contributed by atoms with van der Waals surface area (Å²) in [5.74, 6) is -0.486. The van der Waals surface area contributed by atoms with Gasteiger partial charge in [0.2, 0.25) is 0 Å². The number of ether oxygens (including phenoxy) is 4. The molecular weight excluding hydrogens is 572 g/mol. The Hall–Kier alpha value is -0.900. The molecule has 0 aromatic rings. The lowest BCUT2D eigenvalue weighted by atomic mass is 9.99. The molecule has 6 unspecified atom stereocenters. The van der Waals surface area contributed by atoms with Gasteiger partial charge in [-0.15, -0.1) is 0 Å². The molecule has 0 aliphatic carbocycles. The molecule has 0 amide bonds. The Balaban J connectivity index is 2.28. The van der Waals surface area contributed by atoms with Crippen LogP contribution in [-0.2, 0) is 38.3 Å². The zero-order chi connectivity index (χ0) is 31.2. The number of hydrogen-bond donors (Lipinski definition) is 4. The molecule has 0 aromatic heterocycles. The first kappa shape index (κ1) is 39.1. The van der Waals surface area contributed by atoms with Gasteiger partial charge in [-0.1, -0.05) is 104 Å². The minimum absolute atomic E-state index is 0.0319. The molecule has 0 aromatic carbocycles. The SMILES string of the molecule is CCCCCCCCCCCCCCCCCOCC(COC1OC(CO)C(O)C(OS(=O)(=O)O)C1O)OC(=O)CC. The molecule has 1 rings (SSSR count). The largest absolute Gasteiger partial charge is 0.457 e. The van der Waals surface area contributed by atoms with E-state index in [-0.39, 0.29) is 19.6 Å². The summed E-state index contributed by atoms with van der Waals surface area (Å²) in [7, 11) is -5.03. The van der Waals surface area contributed by atoms with Crippen LogP contribution < -0.4 is 0 Å². The van der Waals surface area contributed by atoms with Crippen LogP contribution in [0.3, 0.4) is 0 Å². The molecular formula is C29H56O12S. The van der Waals surface area contributed by atoms with Gasteiger partial charge in [-0.2, -0.15) is 8.42 Å². The lowest BCUT2D eigenvalue weighted by molar-refractivity contribution is -0.301. The Bertz CT molecular complexity index is 781. The van der Waals surface area contributed by atoms with Crippen LogP contribution in [0.2, 0.25) is 0 Å². The predicted octanol–water partition coefficient (Wildman–Crippen LogP) is 3.84. The van der Waals surface area contributed by atoms with Gasteiger partial charge in [-0.05, 0) is 6.42 Å². The molecule has 0 spiro atoms. The highest BCUT2D eigenvalue weighted by atomic mass is 32.3. The third-order valence-corrected chi connectivity index (χ3v) is 7.75. The first-order valence-electron chi connectivity index (χ1n) is 15.8. The highest BCUT2D eigenvalue weighted by Gasteiger charge is 2.48. The number of carbonyl (C=O) groups is 1. The van der Waals surface area contributed by atoms with E-state index in [1.165, 1.54) is 77.0 Å². The number of esters is 1. The summed E-state index contributed by atoms with van der Waals surface area (Å²) in [4.78, 5) is 11.9. The Kier molecular flexibility index (Phi) is 21.9. The molecule has 1 saturated heterocycles. The minimum atomic E-state index is -5.03. The van der Waals surface area contributed by atoms with E-state index >= 15 is 0 Å². The fraction of sp³-hybridized carbons (Fsp3) is 0.966. The summed E-state index contributed by atoms with van der Waals surface area (Å²) in [6, 6.07) is 0. The normalized spacial score (nSPS) is 23.6. The van der Waals surface area contributed by atoms with Crippen LogP contribution in [0.1, 0.15) is 117 Å². The molecule has 1 fully saturated rings. The van der Waals surface area contributed by atoms with E-state index in [1.807, 2.05) is 0 Å². The molecule has 1 heterocycles. The maximum Gasteiger partial charge on any atom is 0.397 e. The molecule has 4 N–H and O–H groups in total. The van der Waals surface area contributed by atoms with Crippen molar-refractivity contribution in [1.82, 2.24) is 0 Å². The summed E-state index contributed by atoms with van der Waals surface area (Å²) in [5.41, 5.74) is 0. The number of hydrogen-bond acceptors (Lipinski definition) is 11. The Labute approximate surface area is 252 Å². The summed E-state index contributed by atoms with van der Waals surface area (Å²) in [5, 5.41) is 30.0. The molecule has 1 aliphatic heterocycles. The predicted molar refractivity (Wildman–Crippen MR) is 156 cm³/mol. The maximum absolute atomic E-state index is 11.9. The molecule has 6 atom stereocenters. The van der Waals surface area contributed by atoms with Crippen molar-refractivity contribution in [2.75, 3.05) is 26.4 Å². The van der Waals surface area contributed by atoms with E-state index in [1.54, 1.807) is 6.92 Å². The van der Waals surface area contributed by atoms with Gasteiger partial charge in [0.15, 0.2) is 6.29 Å². The second-order valence-corrected chi connectivity index (χ2v) is 12.1. The van der Waals surface area contributed by atoms with Crippen LogP contribution in [0, 0.1) is 0 Å². The van der Waals surface area contributed by atoms with E-state index in [0.717, 1.165) is 19.3 Å². The van der Waals surface area contributed by atoms with Crippen molar-refractivity contribution in [2.24, 2.45) is 0 Å². The highest BCUT2D eigenvalue weighted by molar-refractivity contribution is 7.80. The van der Waals surface area contributed by atoms with Gasteiger partial charge in [0, 0.05) is 13.0 Å². The molecule has 0 saturated carbocycles. The fourth-order valence-electron chi connectivity index (χ4n) is 4.82. The van der Waals surface area contributed by atoms with Crippen molar-refractivity contribution in [2.45, 2.75) is 153 Å². The quantitative estimate of drug-likeness (QED) is 0.0619. The number of aliphatic hydroxyl groups excluding tert-OH is 3. The third-order valence-electron chi connectivity index (χ3n) is 7.28. The zero-order valence-corrected chi connectivity index (χ0v) is 26.4. The van der Waals surface area contributed by atoms with E-state index in [0.29, 0.717) is 6.61 Å². The fourth-order valence-corrected chi connectivity index (χ4v) is 5.33. The van der Waals surface area contributed by atoms with E-state index < -0.39 is 59.8 Å². The van der Waals surface area contributed by atoms with E-state index in [2.05, 4.69) is 11.1 Å². The van der Waals surface area contributed by atoms with E-state index in [4.69, 9.17) is 23.5 Å². The van der Waals surface area contributed by atoms with Gasteiger partial charge in [0.25, 0.3) is 0 Å². The average Bonchev–Trinajstić information content (AvgIpc) is 2.95. The van der Waals surface area contributed by atoms with Crippen molar-refractivity contribution in [1.29, 1.82) is 0 Å². The molecule has 1 aliphatic rings. The Morgan fingerprint density at radius 1 is 0.810 bits per heavy atom. The van der Waals surface area contributed by atoms with Crippen molar-refractivity contribution >= 4 is 16.4 Å². The maximum atomic E-state index is 11.9. The Morgan fingerprint density at radius 2 is 1.33 bits per heavy atom. The molecule has 12 nitrogen and oxygen atoms in total. The summed E-state index contributed by atoms with van der Waals surface area (Å²) in [6.45, 7) is 3.37. The number of rotatable bonds is 26. The molecule has 0 radical (unpaired) electrons. The molecule has 13 heteroatoms. The summed E-state index contributed by atoms with van der Waals surface area (Å²) >= 11 is 0. The van der Waals surface area contributed by atoms with Crippen molar-refractivity contribution in [3.63, 3.8) is 0 Å². The van der Waals surface area contributed by atoms with Crippen molar-refractivity contribution in [3.8, 4) is 0 Å². The highest BCUT2D eigenvalue weighted by Crippen LogP contribution is 2.26. The number of carbonyl (C=O) groups excluding carboxylic acids is 1. The van der Waals surface area contributed by atoms with Gasteiger partial charge in [0.1, 0.15) is 30.5 Å². The van der Waals surface area contributed by atoms with Crippen LogP contribution in [0.25, 0.3) is 0 Å². The van der Waals surface area contributed by atoms with Crippen LogP contribution in [0.5, 0.6) is 0 Å². The topological polar surface area (TPSA) is 178 Å². The van der Waals surface area contributed by atoms with Crippen LogP contribution >= 0.6 is 0 Å². The zero-order valence-electron chi connectivity index (χ0n) is 25.6. The second kappa shape index (κ2) is 23.5. The first-order chi connectivity index (χ1) is 20.1. The monoisotopic (exact) mass is 628 g/mol. The Morgan fingerprint density at radius 3 is 1.81 bits per heavy atom. The van der Waals surface area contributed by atoms with Gasteiger partial charge in [-0.3, -0.25) is 9.35 Å². The standard InChI is InChI=1S/C29H56O12S/c1-3-5-6-7-8-9-10-11-12-13-14-15-16-17-18-19-37-21-23(39-25(31)4-2)22-38-29-27(33)28(41-42(34,35)36)26(32)24(20-30)40-29/h23-24,26-30,32-33H,3-22H2,1-2H3,(H,34,35,36). The van der Waals surface area contributed by atoms with Gasteiger partial charge in [0.05, 0.1) is 19.8 Å². The minimum Gasteiger partial charge on any atom is -0.457 e. The molecule has 42 heavy (non-hydrogen) atoms. The first-order valence-corrected chi connectivity index (χ1v) is 17.2. The third kappa shape index (κ3) is 18.0. The molecule has 0 bridgehead atoms. The van der Waals surface area contributed by atoms with Gasteiger partial charge >= 0.3 is 16.4 Å². The van der Waals surface area contributed by atoms with Crippen molar-refractivity contribution < 1.29 is 56.2 Å².